The van der Waals surface area contributed by atoms with E-state index < -0.39 is 12.0 Å². The Morgan fingerprint density at radius 3 is 2.56 bits per heavy atom. The minimum Gasteiger partial charge on any atom is -0.481 e. The third kappa shape index (κ3) is 9.02. The first kappa shape index (κ1) is 32.9. The van der Waals surface area contributed by atoms with Crippen molar-refractivity contribution in [3.8, 4) is 0 Å². The number of pyridine rings is 1. The van der Waals surface area contributed by atoms with Crippen LogP contribution in [-0.4, -0.2) is 75.3 Å². The number of unbranched alkanes of at least 4 members (excludes halogenated alkanes) is 1. The van der Waals surface area contributed by atoms with E-state index in [1.165, 1.54) is 28.4 Å². The van der Waals surface area contributed by atoms with Crippen LogP contribution in [0.3, 0.4) is 0 Å². The van der Waals surface area contributed by atoms with Gasteiger partial charge in [-0.1, -0.05) is 36.4 Å². The molecule has 0 saturated carbocycles. The average Bonchev–Trinajstić information content (AvgIpc) is 3.39. The highest BCUT2D eigenvalue weighted by molar-refractivity contribution is 7.99. The third-order valence-corrected chi connectivity index (χ3v) is 8.01. The van der Waals surface area contributed by atoms with Crippen molar-refractivity contribution < 1.29 is 24.3 Å². The molecule has 1 unspecified atom stereocenters. The molecule has 12 heteroatoms. The maximum Gasteiger partial charge on any atom is 0.345 e. The predicted molar refractivity (Wildman–Crippen MR) is 174 cm³/mol. The van der Waals surface area contributed by atoms with E-state index in [-0.39, 0.29) is 30.8 Å². The number of aromatic nitrogens is 3. The number of carbonyl (C=O) groups excluding carboxylic acids is 3. The fourth-order valence-corrected chi connectivity index (χ4v) is 5.64. The number of amides is 3. The first-order valence-corrected chi connectivity index (χ1v) is 15.4. The van der Waals surface area contributed by atoms with Crippen molar-refractivity contribution in [1.29, 1.82) is 0 Å². The zero-order chi connectivity index (χ0) is 32.3. The highest BCUT2D eigenvalue weighted by Gasteiger charge is 2.21. The molecule has 0 aliphatic rings. The lowest BCUT2D eigenvalue weighted by Gasteiger charge is -2.19. The fourth-order valence-electron chi connectivity index (χ4n) is 4.66. The van der Waals surface area contributed by atoms with Gasteiger partial charge in [0.1, 0.15) is 6.54 Å². The number of nitrogens with one attached hydrogen (secondary N) is 2. The molecule has 2 aromatic heterocycles. The molecule has 4 aromatic rings. The number of rotatable bonds is 13. The highest BCUT2D eigenvalue weighted by atomic mass is 32.2. The summed E-state index contributed by atoms with van der Waals surface area (Å²) >= 11 is 1.40. The molecule has 2 heterocycles. The second kappa shape index (κ2) is 15.7. The van der Waals surface area contributed by atoms with E-state index in [0.717, 1.165) is 20.9 Å². The fraction of sp³-hybridized carbons (Fsp3) is 0.273. The molecule has 0 saturated heterocycles. The summed E-state index contributed by atoms with van der Waals surface area (Å²) in [5.41, 5.74) is 2.37. The number of carboxylic acids is 1. The molecule has 0 bridgehead atoms. The maximum absolute atomic E-state index is 13.7. The number of carbonyl (C=O) groups is 4. The number of nitrogens with zero attached hydrogens (tertiary/aromatic N) is 4. The molecule has 0 spiro atoms. The van der Waals surface area contributed by atoms with Crippen molar-refractivity contribution in [2.24, 2.45) is 0 Å². The largest absolute Gasteiger partial charge is 0.481 e. The maximum atomic E-state index is 13.7. The molecule has 0 radical (unpaired) electrons. The van der Waals surface area contributed by atoms with Gasteiger partial charge in [0.05, 0.1) is 22.5 Å². The molecule has 0 fully saturated rings. The van der Waals surface area contributed by atoms with Gasteiger partial charge in [-0.25, -0.2) is 4.79 Å². The lowest BCUT2D eigenvalue weighted by molar-refractivity contribution is -0.137. The number of carboxylic acid groups (broad SMARTS) is 1. The summed E-state index contributed by atoms with van der Waals surface area (Å²) in [6.07, 6.45) is 7.23. The van der Waals surface area contributed by atoms with Gasteiger partial charge >= 0.3 is 12.0 Å². The van der Waals surface area contributed by atoms with Gasteiger partial charge in [0.25, 0.3) is 5.91 Å². The van der Waals surface area contributed by atoms with Crippen molar-refractivity contribution in [3.63, 3.8) is 0 Å². The summed E-state index contributed by atoms with van der Waals surface area (Å²) in [5.74, 6) is -1.37. The molecule has 4 rings (SSSR count). The summed E-state index contributed by atoms with van der Waals surface area (Å²) in [5, 5.41) is 19.7. The molecule has 45 heavy (non-hydrogen) atoms. The minimum absolute atomic E-state index is 0.0928. The van der Waals surface area contributed by atoms with E-state index in [0.29, 0.717) is 36.0 Å². The summed E-state index contributed by atoms with van der Waals surface area (Å²) in [7, 11) is 3.12. The van der Waals surface area contributed by atoms with E-state index in [2.05, 4.69) is 20.7 Å². The average molecular weight is 629 g/mol. The van der Waals surface area contributed by atoms with Crippen LogP contribution < -0.4 is 10.6 Å². The third-order valence-electron chi connectivity index (χ3n) is 6.94. The van der Waals surface area contributed by atoms with Gasteiger partial charge in [0, 0.05) is 47.9 Å². The molecule has 1 atom stereocenters. The Hall–Kier alpha value is -4.97. The van der Waals surface area contributed by atoms with Gasteiger partial charge in [-0.15, -0.1) is 0 Å². The summed E-state index contributed by atoms with van der Waals surface area (Å²) in [6, 6.07) is 17.8. The van der Waals surface area contributed by atoms with Crippen molar-refractivity contribution in [3.05, 3.63) is 83.8 Å². The van der Waals surface area contributed by atoms with E-state index >= 15 is 0 Å². The first-order chi connectivity index (χ1) is 21.7. The Morgan fingerprint density at radius 1 is 1.04 bits per heavy atom. The van der Waals surface area contributed by atoms with Crippen LogP contribution in [0, 0.1) is 0 Å². The molecule has 11 nitrogen and oxygen atoms in total. The van der Waals surface area contributed by atoms with E-state index in [9.17, 15) is 19.2 Å². The van der Waals surface area contributed by atoms with Crippen molar-refractivity contribution in [2.75, 3.05) is 20.6 Å². The van der Waals surface area contributed by atoms with Crippen LogP contribution in [-0.2, 0) is 9.59 Å². The second-order valence-electron chi connectivity index (χ2n) is 10.5. The molecule has 3 N–H and O–H groups in total. The smallest absolute Gasteiger partial charge is 0.345 e. The standard InChI is InChI=1S/C33H36N6O5S/c1-22(10-4-7-14-31(41)42)36-30(40)21-38(3)33(44)39-28-20-24(45-29-13-6-5-12-26(29)32(43)34-2)16-17-25(28)27(37-39)18-15-23-11-8-9-19-35-23/h5-6,8-9,11-13,15-20,22H,4,7,10,14,21H2,1-3H3,(H,34,43)(H,36,40)(H,41,42)/b18-15+. The summed E-state index contributed by atoms with van der Waals surface area (Å²) in [6.45, 7) is 1.66. The normalized spacial score (nSPS) is 11.8. The van der Waals surface area contributed by atoms with Crippen LogP contribution in [0.25, 0.3) is 23.1 Å². The molecule has 234 valence electrons. The zero-order valence-electron chi connectivity index (χ0n) is 25.4. The Bertz CT molecular complexity index is 1700. The number of aliphatic carboxylic acids is 1. The SMILES string of the molecule is CNC(=O)c1ccccc1Sc1ccc2c(/C=C/c3ccccn3)nn(C(=O)N(C)CC(=O)NC(C)CCCCC(=O)O)c2c1. The quantitative estimate of drug-likeness (QED) is 0.172. The topological polar surface area (TPSA) is 147 Å². The van der Waals surface area contributed by atoms with Crippen LogP contribution in [0.1, 0.15) is 54.4 Å². The van der Waals surface area contributed by atoms with Gasteiger partial charge in [-0.3, -0.25) is 19.4 Å². The molecule has 0 aliphatic carbocycles. The molecular formula is C33H36N6O5S. The predicted octanol–water partition coefficient (Wildman–Crippen LogP) is 5.16. The molecule has 3 amide bonds. The molecule has 2 aromatic carbocycles. The Kier molecular flexibility index (Phi) is 11.5. The Labute approximate surface area is 265 Å². The Morgan fingerprint density at radius 2 is 1.82 bits per heavy atom. The number of likely N-dealkylation sites (N-methyl/N-ethyl adjacent to an activating group) is 1. The van der Waals surface area contributed by atoms with Crippen LogP contribution in [0.5, 0.6) is 0 Å². The second-order valence-corrected chi connectivity index (χ2v) is 11.6. The monoisotopic (exact) mass is 628 g/mol. The van der Waals surface area contributed by atoms with Crippen LogP contribution >= 0.6 is 11.8 Å². The lowest BCUT2D eigenvalue weighted by atomic mass is 10.1. The van der Waals surface area contributed by atoms with Gasteiger partial charge in [-0.2, -0.15) is 9.78 Å². The van der Waals surface area contributed by atoms with Gasteiger partial charge in [0.2, 0.25) is 5.91 Å². The van der Waals surface area contributed by atoms with Gasteiger partial charge < -0.3 is 20.6 Å². The van der Waals surface area contributed by atoms with Crippen molar-refractivity contribution in [2.45, 2.75) is 48.4 Å². The van der Waals surface area contributed by atoms with Gasteiger partial charge in [-0.05, 0) is 74.4 Å². The van der Waals surface area contributed by atoms with Crippen molar-refractivity contribution in [1.82, 2.24) is 30.3 Å². The number of benzene rings is 2. The highest BCUT2D eigenvalue weighted by Crippen LogP contribution is 2.33. The van der Waals surface area contributed by atoms with E-state index in [1.807, 2.05) is 61.5 Å². The number of hydrogen-bond acceptors (Lipinski definition) is 7. The summed E-state index contributed by atoms with van der Waals surface area (Å²) in [4.78, 5) is 56.8. The van der Waals surface area contributed by atoms with Crippen molar-refractivity contribution >= 4 is 58.6 Å². The van der Waals surface area contributed by atoms with Crippen LogP contribution in [0.15, 0.2) is 76.7 Å². The molecule has 0 aliphatic heterocycles. The number of fused-ring (bicyclic) bond motifs is 1. The molecular weight excluding hydrogens is 592 g/mol. The minimum atomic E-state index is -0.840. The lowest BCUT2D eigenvalue weighted by Crippen LogP contribution is -2.43. The van der Waals surface area contributed by atoms with Crippen LogP contribution in [0.4, 0.5) is 4.79 Å². The van der Waals surface area contributed by atoms with E-state index in [4.69, 9.17) is 5.11 Å². The zero-order valence-corrected chi connectivity index (χ0v) is 26.2. The number of hydrogen-bond donors (Lipinski definition) is 3. The summed E-state index contributed by atoms with van der Waals surface area (Å²) < 4.78 is 1.28. The van der Waals surface area contributed by atoms with Gasteiger partial charge in [0.15, 0.2) is 0 Å². The first-order valence-electron chi connectivity index (χ1n) is 14.5. The van der Waals surface area contributed by atoms with E-state index in [1.54, 1.807) is 31.5 Å². The Balaban J connectivity index is 1.58. The van der Waals surface area contributed by atoms with Crippen LogP contribution in [0.2, 0.25) is 0 Å².